The lowest BCUT2D eigenvalue weighted by Crippen LogP contribution is -2.42. The number of hydrogen-bond acceptors (Lipinski definition) is 6. The zero-order valence-corrected chi connectivity index (χ0v) is 11.2. The lowest BCUT2D eigenvalue weighted by Gasteiger charge is -2.12. The molecule has 1 aromatic rings. The third-order valence-corrected chi connectivity index (χ3v) is 2.80. The van der Waals surface area contributed by atoms with Crippen molar-refractivity contribution in [3.63, 3.8) is 0 Å². The third-order valence-electron chi connectivity index (χ3n) is 2.08. The number of ether oxygens (including phenoxy) is 1. The maximum atomic E-state index is 11.9. The van der Waals surface area contributed by atoms with Gasteiger partial charge in [0.1, 0.15) is 5.03 Å². The van der Waals surface area contributed by atoms with E-state index in [1.54, 1.807) is 24.6 Å². The van der Waals surface area contributed by atoms with E-state index >= 15 is 0 Å². The molecule has 0 aliphatic carbocycles. The van der Waals surface area contributed by atoms with Crippen LogP contribution in [0.5, 0.6) is 0 Å². The van der Waals surface area contributed by atoms with Gasteiger partial charge in [-0.1, -0.05) is 0 Å². The van der Waals surface area contributed by atoms with Crippen molar-refractivity contribution in [3.8, 4) is 0 Å². The van der Waals surface area contributed by atoms with Gasteiger partial charge in [0.2, 0.25) is 0 Å². The molecule has 19 heavy (non-hydrogen) atoms. The second-order valence-corrected chi connectivity index (χ2v) is 4.26. The number of esters is 1. The Morgan fingerprint density at radius 2 is 2.16 bits per heavy atom. The molecule has 1 heterocycles. The van der Waals surface area contributed by atoms with Crippen molar-refractivity contribution in [1.29, 1.82) is 0 Å². The molecule has 102 valence electrons. The fraction of sp³-hybridized carbons (Fsp3) is 0.273. The van der Waals surface area contributed by atoms with Gasteiger partial charge in [0.15, 0.2) is 6.10 Å². The summed E-state index contributed by atoms with van der Waals surface area (Å²) in [5.41, 5.74) is 5.05. The first-order chi connectivity index (χ1) is 8.95. The van der Waals surface area contributed by atoms with E-state index < -0.39 is 24.0 Å². The van der Waals surface area contributed by atoms with Crippen molar-refractivity contribution in [3.05, 3.63) is 23.9 Å². The summed E-state index contributed by atoms with van der Waals surface area (Å²) in [6.45, 7) is 1.34. The first-order valence-corrected chi connectivity index (χ1v) is 6.48. The van der Waals surface area contributed by atoms with E-state index in [-0.39, 0.29) is 5.56 Å². The number of urea groups is 1. The van der Waals surface area contributed by atoms with E-state index in [1.807, 2.05) is 5.32 Å². The van der Waals surface area contributed by atoms with E-state index in [0.29, 0.717) is 5.03 Å². The molecule has 1 atom stereocenters. The number of nitrogens with two attached hydrogens (primary N) is 1. The Morgan fingerprint density at radius 1 is 1.47 bits per heavy atom. The zero-order chi connectivity index (χ0) is 14.4. The number of hydrogen-bond donors (Lipinski definition) is 2. The van der Waals surface area contributed by atoms with Gasteiger partial charge >= 0.3 is 12.0 Å². The molecule has 0 bridgehead atoms. The number of thioether (sulfide) groups is 1. The number of pyridine rings is 1. The molecule has 8 heteroatoms. The maximum Gasteiger partial charge on any atom is 0.341 e. The van der Waals surface area contributed by atoms with Crippen LogP contribution in [0.3, 0.4) is 0 Å². The van der Waals surface area contributed by atoms with E-state index in [0.717, 1.165) is 0 Å². The molecule has 0 unspecified atom stereocenters. The Labute approximate surface area is 113 Å². The summed E-state index contributed by atoms with van der Waals surface area (Å²) < 4.78 is 4.93. The SMILES string of the molecule is CSc1ncccc1C(=O)O[C@H](C)C(=O)NC(N)=O. The molecule has 1 aromatic heterocycles. The van der Waals surface area contributed by atoms with Gasteiger partial charge in [-0.05, 0) is 25.3 Å². The highest BCUT2D eigenvalue weighted by Crippen LogP contribution is 2.18. The predicted octanol–water partition coefficient (Wildman–Crippen LogP) is 0.544. The van der Waals surface area contributed by atoms with Gasteiger partial charge in [-0.25, -0.2) is 14.6 Å². The third kappa shape index (κ3) is 4.25. The number of rotatable bonds is 4. The van der Waals surface area contributed by atoms with Crippen molar-refractivity contribution in [2.24, 2.45) is 5.73 Å². The van der Waals surface area contributed by atoms with Crippen LogP contribution < -0.4 is 11.1 Å². The fourth-order valence-corrected chi connectivity index (χ4v) is 1.75. The highest BCUT2D eigenvalue weighted by atomic mass is 32.2. The normalized spacial score (nSPS) is 11.5. The lowest BCUT2D eigenvalue weighted by molar-refractivity contribution is -0.127. The largest absolute Gasteiger partial charge is 0.449 e. The summed E-state index contributed by atoms with van der Waals surface area (Å²) >= 11 is 1.28. The highest BCUT2D eigenvalue weighted by Gasteiger charge is 2.21. The van der Waals surface area contributed by atoms with Gasteiger partial charge < -0.3 is 10.5 Å². The number of primary amides is 1. The predicted molar refractivity (Wildman–Crippen MR) is 68.6 cm³/mol. The minimum absolute atomic E-state index is 0.258. The standard InChI is InChI=1S/C11H13N3O4S/c1-6(8(15)14-11(12)17)18-10(16)7-4-3-5-13-9(7)19-2/h3-6H,1-2H3,(H3,12,14,15,17)/t6-/m1/s1. The summed E-state index contributed by atoms with van der Waals surface area (Å²) in [7, 11) is 0. The average molecular weight is 283 g/mol. The molecule has 7 nitrogen and oxygen atoms in total. The van der Waals surface area contributed by atoms with E-state index in [4.69, 9.17) is 10.5 Å². The van der Waals surface area contributed by atoms with E-state index in [9.17, 15) is 14.4 Å². The van der Waals surface area contributed by atoms with Crippen molar-refractivity contribution in [2.45, 2.75) is 18.1 Å². The summed E-state index contributed by atoms with van der Waals surface area (Å²) in [6, 6.07) is 2.13. The zero-order valence-electron chi connectivity index (χ0n) is 10.4. The van der Waals surface area contributed by atoms with Crippen molar-refractivity contribution in [1.82, 2.24) is 10.3 Å². The molecule has 1 rings (SSSR count). The van der Waals surface area contributed by atoms with Gasteiger partial charge in [0.25, 0.3) is 5.91 Å². The number of nitrogens with zero attached hydrogens (tertiary/aromatic N) is 1. The van der Waals surface area contributed by atoms with Crippen LogP contribution in [-0.2, 0) is 9.53 Å². The molecular formula is C11H13N3O4S. The molecule has 0 aromatic carbocycles. The Hall–Kier alpha value is -2.09. The van der Waals surface area contributed by atoms with Crippen LogP contribution in [0.2, 0.25) is 0 Å². The minimum Gasteiger partial charge on any atom is -0.449 e. The van der Waals surface area contributed by atoms with Crippen LogP contribution >= 0.6 is 11.8 Å². The Balaban J connectivity index is 2.74. The number of imide groups is 1. The van der Waals surface area contributed by atoms with Crippen molar-refractivity contribution >= 4 is 29.7 Å². The number of amides is 3. The first kappa shape index (κ1) is 15.0. The maximum absolute atomic E-state index is 11.9. The molecule has 0 radical (unpaired) electrons. The Morgan fingerprint density at radius 3 is 2.74 bits per heavy atom. The number of nitrogens with one attached hydrogen (secondary N) is 1. The fourth-order valence-electron chi connectivity index (χ4n) is 1.21. The lowest BCUT2D eigenvalue weighted by atomic mass is 10.3. The van der Waals surface area contributed by atoms with Crippen molar-refractivity contribution < 1.29 is 19.1 Å². The molecule has 3 N–H and O–H groups in total. The van der Waals surface area contributed by atoms with Gasteiger partial charge in [-0.3, -0.25) is 10.1 Å². The van der Waals surface area contributed by atoms with Crippen LogP contribution in [0.25, 0.3) is 0 Å². The van der Waals surface area contributed by atoms with Crippen LogP contribution in [0, 0.1) is 0 Å². The Bertz CT molecular complexity index is 506. The molecule has 3 amide bonds. The molecule has 0 aliphatic heterocycles. The van der Waals surface area contributed by atoms with Gasteiger partial charge in [0, 0.05) is 6.20 Å². The minimum atomic E-state index is -1.13. The second kappa shape index (κ2) is 6.74. The summed E-state index contributed by atoms with van der Waals surface area (Å²) in [5.74, 6) is -1.47. The molecule has 0 saturated heterocycles. The van der Waals surface area contributed by atoms with E-state index in [2.05, 4.69) is 4.98 Å². The molecular weight excluding hydrogens is 270 g/mol. The van der Waals surface area contributed by atoms with Crippen molar-refractivity contribution in [2.75, 3.05) is 6.26 Å². The first-order valence-electron chi connectivity index (χ1n) is 5.26. The molecule has 0 fully saturated rings. The smallest absolute Gasteiger partial charge is 0.341 e. The summed E-state index contributed by atoms with van der Waals surface area (Å²) in [6.07, 6.45) is 2.18. The number of aromatic nitrogens is 1. The molecule has 0 aliphatic rings. The molecule has 0 spiro atoms. The number of carbonyl (C=O) groups is 3. The van der Waals surface area contributed by atoms with Crippen LogP contribution in [0.15, 0.2) is 23.4 Å². The summed E-state index contributed by atoms with van der Waals surface area (Å²) in [4.78, 5) is 37.7. The van der Waals surface area contributed by atoms with Crippen LogP contribution in [-0.4, -0.2) is 35.3 Å². The van der Waals surface area contributed by atoms with Crippen LogP contribution in [0.4, 0.5) is 4.79 Å². The van der Waals surface area contributed by atoms with Gasteiger partial charge in [-0.2, -0.15) is 0 Å². The summed E-state index contributed by atoms with van der Waals surface area (Å²) in [5, 5.41) is 2.33. The van der Waals surface area contributed by atoms with Gasteiger partial charge in [0.05, 0.1) is 5.56 Å². The van der Waals surface area contributed by atoms with E-state index in [1.165, 1.54) is 18.7 Å². The molecule has 0 saturated carbocycles. The second-order valence-electron chi connectivity index (χ2n) is 3.46. The monoisotopic (exact) mass is 283 g/mol. The number of carbonyl (C=O) groups excluding carboxylic acids is 3. The average Bonchev–Trinajstić information content (AvgIpc) is 2.37. The van der Waals surface area contributed by atoms with Gasteiger partial charge in [-0.15, -0.1) is 11.8 Å². The quantitative estimate of drug-likeness (QED) is 0.616. The topological polar surface area (TPSA) is 111 Å². The Kier molecular flexibility index (Phi) is 5.31. The van der Waals surface area contributed by atoms with Crippen LogP contribution in [0.1, 0.15) is 17.3 Å². The highest BCUT2D eigenvalue weighted by molar-refractivity contribution is 7.98.